The van der Waals surface area contributed by atoms with E-state index in [0.717, 1.165) is 25.3 Å². The minimum atomic E-state index is 0.339. The van der Waals surface area contributed by atoms with Crippen molar-refractivity contribution >= 4 is 11.6 Å². The van der Waals surface area contributed by atoms with Crippen molar-refractivity contribution in [2.75, 3.05) is 13.1 Å². The maximum atomic E-state index is 5.75. The SMILES string of the molecule is CC1(C)CCN(Cc2ccnc(Cl)n2)C1. The highest BCUT2D eigenvalue weighted by Crippen LogP contribution is 2.29. The van der Waals surface area contributed by atoms with Gasteiger partial charge >= 0.3 is 0 Å². The van der Waals surface area contributed by atoms with Gasteiger partial charge in [-0.2, -0.15) is 0 Å². The van der Waals surface area contributed by atoms with Crippen LogP contribution in [0.3, 0.4) is 0 Å². The molecule has 2 heterocycles. The van der Waals surface area contributed by atoms with Gasteiger partial charge < -0.3 is 0 Å². The quantitative estimate of drug-likeness (QED) is 0.724. The predicted octanol–water partition coefficient (Wildman–Crippen LogP) is 2.36. The van der Waals surface area contributed by atoms with Crippen LogP contribution in [0.15, 0.2) is 12.3 Å². The highest BCUT2D eigenvalue weighted by atomic mass is 35.5. The van der Waals surface area contributed by atoms with E-state index >= 15 is 0 Å². The summed E-state index contributed by atoms with van der Waals surface area (Å²) in [7, 11) is 0. The average molecular weight is 226 g/mol. The standard InChI is InChI=1S/C11H16ClN3/c1-11(2)4-6-15(8-11)7-9-3-5-13-10(12)14-9/h3,5H,4,6-8H2,1-2H3. The fourth-order valence-electron chi connectivity index (χ4n) is 2.05. The van der Waals surface area contributed by atoms with Crippen molar-refractivity contribution in [2.24, 2.45) is 5.41 Å². The zero-order valence-corrected chi connectivity index (χ0v) is 9.96. The molecule has 4 heteroatoms. The number of likely N-dealkylation sites (tertiary alicyclic amines) is 1. The molecule has 15 heavy (non-hydrogen) atoms. The molecule has 1 aliphatic heterocycles. The Morgan fingerprint density at radius 2 is 2.33 bits per heavy atom. The second-order valence-corrected chi connectivity index (χ2v) is 5.28. The van der Waals surface area contributed by atoms with Crippen LogP contribution in [0.4, 0.5) is 0 Å². The number of nitrogens with zero attached hydrogens (tertiary/aromatic N) is 3. The molecular weight excluding hydrogens is 210 g/mol. The van der Waals surface area contributed by atoms with Gasteiger partial charge in [0.05, 0.1) is 5.69 Å². The topological polar surface area (TPSA) is 29.0 Å². The summed E-state index contributed by atoms with van der Waals surface area (Å²) in [6, 6.07) is 1.93. The maximum absolute atomic E-state index is 5.75. The highest BCUT2D eigenvalue weighted by Gasteiger charge is 2.29. The van der Waals surface area contributed by atoms with E-state index in [4.69, 9.17) is 11.6 Å². The molecule has 1 aliphatic rings. The van der Waals surface area contributed by atoms with Crippen LogP contribution in [0.2, 0.25) is 5.28 Å². The second kappa shape index (κ2) is 4.06. The van der Waals surface area contributed by atoms with Crippen LogP contribution in [0.1, 0.15) is 26.0 Å². The minimum Gasteiger partial charge on any atom is -0.297 e. The Morgan fingerprint density at radius 3 is 2.93 bits per heavy atom. The first-order valence-electron chi connectivity index (χ1n) is 5.25. The van der Waals surface area contributed by atoms with Crippen molar-refractivity contribution in [3.8, 4) is 0 Å². The second-order valence-electron chi connectivity index (χ2n) is 4.94. The van der Waals surface area contributed by atoms with Gasteiger partial charge in [-0.15, -0.1) is 0 Å². The Bertz CT molecular complexity index is 351. The Kier molecular flexibility index (Phi) is 2.94. The molecule has 0 bridgehead atoms. The molecule has 3 nitrogen and oxygen atoms in total. The van der Waals surface area contributed by atoms with Crippen molar-refractivity contribution in [1.29, 1.82) is 0 Å². The van der Waals surface area contributed by atoms with E-state index in [2.05, 4.69) is 28.7 Å². The zero-order chi connectivity index (χ0) is 10.9. The van der Waals surface area contributed by atoms with Crippen molar-refractivity contribution in [3.63, 3.8) is 0 Å². The highest BCUT2D eigenvalue weighted by molar-refractivity contribution is 6.28. The van der Waals surface area contributed by atoms with Gasteiger partial charge in [0.1, 0.15) is 0 Å². The third-order valence-electron chi connectivity index (χ3n) is 2.83. The third kappa shape index (κ3) is 2.89. The molecule has 2 rings (SSSR count). The summed E-state index contributed by atoms with van der Waals surface area (Å²) in [5.74, 6) is 0. The molecule has 0 radical (unpaired) electrons. The Labute approximate surface area is 95.5 Å². The van der Waals surface area contributed by atoms with Crippen LogP contribution in [-0.4, -0.2) is 28.0 Å². The molecule has 82 valence electrons. The maximum Gasteiger partial charge on any atom is 0.222 e. The molecule has 0 aromatic carbocycles. The molecule has 1 fully saturated rings. The van der Waals surface area contributed by atoms with Crippen molar-refractivity contribution in [3.05, 3.63) is 23.2 Å². The molecule has 0 N–H and O–H groups in total. The van der Waals surface area contributed by atoms with E-state index in [1.54, 1.807) is 6.20 Å². The largest absolute Gasteiger partial charge is 0.297 e. The Balaban J connectivity index is 1.99. The number of hydrogen-bond donors (Lipinski definition) is 0. The van der Waals surface area contributed by atoms with E-state index in [1.165, 1.54) is 6.42 Å². The van der Waals surface area contributed by atoms with Crippen molar-refractivity contribution in [1.82, 2.24) is 14.9 Å². The van der Waals surface area contributed by atoms with E-state index in [1.807, 2.05) is 6.07 Å². The lowest BCUT2D eigenvalue weighted by atomic mass is 9.93. The third-order valence-corrected chi connectivity index (χ3v) is 3.01. The van der Waals surface area contributed by atoms with Gasteiger partial charge in [0.15, 0.2) is 0 Å². The molecule has 1 aromatic rings. The van der Waals surface area contributed by atoms with Gasteiger partial charge in [-0.25, -0.2) is 9.97 Å². The minimum absolute atomic E-state index is 0.339. The van der Waals surface area contributed by atoms with Crippen LogP contribution >= 0.6 is 11.6 Å². The van der Waals surface area contributed by atoms with Crippen LogP contribution in [-0.2, 0) is 6.54 Å². The van der Waals surface area contributed by atoms with Gasteiger partial charge in [0.2, 0.25) is 5.28 Å². The van der Waals surface area contributed by atoms with Gasteiger partial charge in [-0.3, -0.25) is 4.90 Å². The van der Waals surface area contributed by atoms with E-state index in [-0.39, 0.29) is 0 Å². The number of rotatable bonds is 2. The molecule has 0 spiro atoms. The lowest BCUT2D eigenvalue weighted by Crippen LogP contribution is -2.23. The molecule has 0 unspecified atom stereocenters. The number of halogens is 1. The fourth-order valence-corrected chi connectivity index (χ4v) is 2.21. The first kappa shape index (κ1) is 10.8. The van der Waals surface area contributed by atoms with Crippen molar-refractivity contribution < 1.29 is 0 Å². The average Bonchev–Trinajstić information content (AvgIpc) is 2.45. The normalized spacial score (nSPS) is 20.7. The predicted molar refractivity (Wildman–Crippen MR) is 60.7 cm³/mol. The van der Waals surface area contributed by atoms with Crippen LogP contribution < -0.4 is 0 Å². The van der Waals surface area contributed by atoms with E-state index < -0.39 is 0 Å². The van der Waals surface area contributed by atoms with Crippen LogP contribution in [0, 0.1) is 5.41 Å². The summed E-state index contributed by atoms with van der Waals surface area (Å²) in [6.45, 7) is 7.77. The summed E-state index contributed by atoms with van der Waals surface area (Å²) in [4.78, 5) is 10.5. The van der Waals surface area contributed by atoms with Crippen LogP contribution in [0.5, 0.6) is 0 Å². The first-order chi connectivity index (χ1) is 7.05. The van der Waals surface area contributed by atoms with Crippen LogP contribution in [0.25, 0.3) is 0 Å². The van der Waals surface area contributed by atoms with E-state index in [0.29, 0.717) is 10.7 Å². The molecule has 1 saturated heterocycles. The molecular formula is C11H16ClN3. The number of aromatic nitrogens is 2. The monoisotopic (exact) mass is 225 g/mol. The zero-order valence-electron chi connectivity index (χ0n) is 9.20. The summed E-state index contributed by atoms with van der Waals surface area (Å²) < 4.78 is 0. The molecule has 0 saturated carbocycles. The number of hydrogen-bond acceptors (Lipinski definition) is 3. The lowest BCUT2D eigenvalue weighted by Gasteiger charge is -2.19. The fraction of sp³-hybridized carbons (Fsp3) is 0.636. The summed E-state index contributed by atoms with van der Waals surface area (Å²) >= 11 is 5.75. The molecule has 0 amide bonds. The van der Waals surface area contributed by atoms with Gasteiger partial charge in [-0.05, 0) is 36.0 Å². The molecule has 0 aliphatic carbocycles. The molecule has 1 aromatic heterocycles. The van der Waals surface area contributed by atoms with Gasteiger partial charge in [0, 0.05) is 19.3 Å². The first-order valence-corrected chi connectivity index (χ1v) is 5.63. The summed E-state index contributed by atoms with van der Waals surface area (Å²) in [5.41, 5.74) is 1.45. The summed E-state index contributed by atoms with van der Waals surface area (Å²) in [6.07, 6.45) is 2.97. The molecule has 0 atom stereocenters. The van der Waals surface area contributed by atoms with E-state index in [9.17, 15) is 0 Å². The summed E-state index contributed by atoms with van der Waals surface area (Å²) in [5, 5.41) is 0.339. The lowest BCUT2D eigenvalue weighted by molar-refractivity contribution is 0.281. The Morgan fingerprint density at radius 1 is 1.53 bits per heavy atom. The Hall–Kier alpha value is -0.670. The van der Waals surface area contributed by atoms with Gasteiger partial charge in [-0.1, -0.05) is 13.8 Å². The smallest absolute Gasteiger partial charge is 0.222 e. The van der Waals surface area contributed by atoms with Crippen molar-refractivity contribution in [2.45, 2.75) is 26.8 Å². The van der Waals surface area contributed by atoms with Gasteiger partial charge in [0.25, 0.3) is 0 Å².